The minimum Gasteiger partial charge on any atom is -0.459 e. The highest BCUT2D eigenvalue weighted by Crippen LogP contribution is 2.40. The van der Waals surface area contributed by atoms with Gasteiger partial charge in [0.2, 0.25) is 6.10 Å². The van der Waals surface area contributed by atoms with Crippen molar-refractivity contribution in [2.45, 2.75) is 59.2 Å². The van der Waals surface area contributed by atoms with E-state index in [-0.39, 0.29) is 29.9 Å². The zero-order chi connectivity index (χ0) is 14.9. The lowest BCUT2D eigenvalue weighted by atomic mass is 9.78. The van der Waals surface area contributed by atoms with Gasteiger partial charge in [-0.1, -0.05) is 26.0 Å². The lowest BCUT2D eigenvalue weighted by molar-refractivity contribution is -0.169. The Labute approximate surface area is 120 Å². The minimum absolute atomic E-state index is 0.0488. The molecule has 4 nitrogen and oxygen atoms in total. The van der Waals surface area contributed by atoms with Gasteiger partial charge in [-0.3, -0.25) is 4.79 Å². The van der Waals surface area contributed by atoms with Crippen LogP contribution in [0.25, 0.3) is 0 Å². The molecule has 1 aliphatic heterocycles. The third-order valence-corrected chi connectivity index (χ3v) is 4.78. The van der Waals surface area contributed by atoms with E-state index in [1.165, 1.54) is 0 Å². The van der Waals surface area contributed by atoms with Crippen LogP contribution in [0, 0.1) is 17.3 Å². The number of carbonyl (C=O) groups is 2. The summed E-state index contributed by atoms with van der Waals surface area (Å²) < 4.78 is 10.8. The van der Waals surface area contributed by atoms with E-state index in [4.69, 9.17) is 9.47 Å². The summed E-state index contributed by atoms with van der Waals surface area (Å²) in [6, 6.07) is 0. The minimum atomic E-state index is -0.710. The van der Waals surface area contributed by atoms with Crippen molar-refractivity contribution in [3.63, 3.8) is 0 Å². The van der Waals surface area contributed by atoms with Crippen LogP contribution in [0.4, 0.5) is 0 Å². The number of allylic oxidation sites excluding steroid dienone is 1. The van der Waals surface area contributed by atoms with Crippen molar-refractivity contribution in [1.29, 1.82) is 0 Å². The maximum Gasteiger partial charge on any atom is 0.348 e. The SMILES string of the molecule is C/C=C\[C@](C)(C(=O)OC1C(=O)OC2CCCC21)C(C)C. The van der Waals surface area contributed by atoms with Gasteiger partial charge in [-0.25, -0.2) is 4.79 Å². The molecule has 4 atom stereocenters. The van der Waals surface area contributed by atoms with E-state index in [1.54, 1.807) is 0 Å². The van der Waals surface area contributed by atoms with Crippen LogP contribution in [0.15, 0.2) is 12.2 Å². The summed E-state index contributed by atoms with van der Waals surface area (Å²) in [5, 5.41) is 0. The van der Waals surface area contributed by atoms with E-state index in [1.807, 2.05) is 39.8 Å². The predicted molar refractivity (Wildman–Crippen MR) is 74.9 cm³/mol. The third-order valence-electron chi connectivity index (χ3n) is 4.78. The van der Waals surface area contributed by atoms with Gasteiger partial charge in [0.25, 0.3) is 0 Å². The van der Waals surface area contributed by atoms with Crippen molar-refractivity contribution in [2.24, 2.45) is 17.3 Å². The Bertz CT molecular complexity index is 426. The molecule has 0 aromatic heterocycles. The van der Waals surface area contributed by atoms with Crippen molar-refractivity contribution in [3.8, 4) is 0 Å². The molecule has 1 saturated heterocycles. The van der Waals surface area contributed by atoms with Crippen LogP contribution in [0.5, 0.6) is 0 Å². The predicted octanol–water partition coefficient (Wildman–Crippen LogP) is 2.86. The van der Waals surface area contributed by atoms with Gasteiger partial charge in [-0.15, -0.1) is 0 Å². The van der Waals surface area contributed by atoms with Gasteiger partial charge < -0.3 is 9.47 Å². The first-order chi connectivity index (χ1) is 9.40. The highest BCUT2D eigenvalue weighted by molar-refractivity contribution is 5.85. The van der Waals surface area contributed by atoms with Crippen molar-refractivity contribution in [3.05, 3.63) is 12.2 Å². The molecule has 20 heavy (non-hydrogen) atoms. The van der Waals surface area contributed by atoms with E-state index in [2.05, 4.69) is 0 Å². The Hall–Kier alpha value is -1.32. The van der Waals surface area contributed by atoms with Crippen LogP contribution in [-0.2, 0) is 19.1 Å². The third kappa shape index (κ3) is 2.48. The normalized spacial score (nSPS) is 32.2. The largest absolute Gasteiger partial charge is 0.459 e. The van der Waals surface area contributed by atoms with Crippen LogP contribution in [-0.4, -0.2) is 24.1 Å². The van der Waals surface area contributed by atoms with Gasteiger partial charge in [0.05, 0.1) is 5.41 Å². The smallest absolute Gasteiger partial charge is 0.348 e. The van der Waals surface area contributed by atoms with Gasteiger partial charge in [0.15, 0.2) is 0 Å². The molecule has 1 heterocycles. The second kappa shape index (κ2) is 5.58. The maximum atomic E-state index is 12.5. The van der Waals surface area contributed by atoms with E-state index in [0.717, 1.165) is 19.3 Å². The molecular formula is C16H24O4. The molecule has 0 bridgehead atoms. The molecule has 0 spiro atoms. The number of rotatable bonds is 4. The monoisotopic (exact) mass is 280 g/mol. The molecule has 0 aromatic carbocycles. The summed E-state index contributed by atoms with van der Waals surface area (Å²) in [5.74, 6) is -0.559. The Morgan fingerprint density at radius 2 is 2.15 bits per heavy atom. The molecule has 4 heteroatoms. The average Bonchev–Trinajstić information content (AvgIpc) is 2.92. The summed E-state index contributed by atoms with van der Waals surface area (Å²) in [6.07, 6.45) is 5.77. The molecule has 1 aliphatic carbocycles. The fraction of sp³-hybridized carbons (Fsp3) is 0.750. The number of esters is 2. The van der Waals surface area contributed by atoms with Crippen molar-refractivity contribution in [2.75, 3.05) is 0 Å². The number of carbonyl (C=O) groups excluding carboxylic acids is 2. The van der Waals surface area contributed by atoms with Gasteiger partial charge >= 0.3 is 11.9 Å². The number of fused-ring (bicyclic) bond motifs is 1. The molecule has 2 aliphatic rings. The molecule has 0 N–H and O–H groups in total. The molecule has 1 saturated carbocycles. The molecule has 0 amide bonds. The lowest BCUT2D eigenvalue weighted by Gasteiger charge is -2.29. The molecule has 112 valence electrons. The second-order valence-electron chi connectivity index (χ2n) is 6.33. The van der Waals surface area contributed by atoms with E-state index in [9.17, 15) is 9.59 Å². The Balaban J connectivity index is 2.12. The van der Waals surface area contributed by atoms with Crippen LogP contribution in [0.3, 0.4) is 0 Å². The van der Waals surface area contributed by atoms with Gasteiger partial charge in [-0.2, -0.15) is 0 Å². The molecule has 0 radical (unpaired) electrons. The highest BCUT2D eigenvalue weighted by Gasteiger charge is 2.51. The first-order valence-corrected chi connectivity index (χ1v) is 7.45. The van der Waals surface area contributed by atoms with E-state index >= 15 is 0 Å². The van der Waals surface area contributed by atoms with Crippen molar-refractivity contribution >= 4 is 11.9 Å². The van der Waals surface area contributed by atoms with Crippen LogP contribution in [0.1, 0.15) is 47.0 Å². The van der Waals surface area contributed by atoms with Crippen molar-refractivity contribution < 1.29 is 19.1 Å². The summed E-state index contributed by atoms with van der Waals surface area (Å²) in [5.41, 5.74) is -0.703. The van der Waals surface area contributed by atoms with Crippen LogP contribution in [0.2, 0.25) is 0 Å². The summed E-state index contributed by atoms with van der Waals surface area (Å²) in [7, 11) is 0. The van der Waals surface area contributed by atoms with Crippen LogP contribution >= 0.6 is 0 Å². The Morgan fingerprint density at radius 3 is 2.75 bits per heavy atom. The zero-order valence-electron chi connectivity index (χ0n) is 12.7. The zero-order valence-corrected chi connectivity index (χ0v) is 12.7. The van der Waals surface area contributed by atoms with E-state index < -0.39 is 11.5 Å². The quantitative estimate of drug-likeness (QED) is 0.587. The molecule has 0 aromatic rings. The van der Waals surface area contributed by atoms with Crippen molar-refractivity contribution in [1.82, 2.24) is 0 Å². The topological polar surface area (TPSA) is 52.6 Å². The van der Waals surface area contributed by atoms with Gasteiger partial charge in [-0.05, 0) is 39.0 Å². The number of hydrogen-bond donors (Lipinski definition) is 0. The summed E-state index contributed by atoms with van der Waals surface area (Å²) in [6.45, 7) is 7.69. The maximum absolute atomic E-state index is 12.5. The van der Waals surface area contributed by atoms with Gasteiger partial charge in [0, 0.05) is 5.92 Å². The summed E-state index contributed by atoms with van der Waals surface area (Å²) >= 11 is 0. The van der Waals surface area contributed by atoms with Gasteiger partial charge in [0.1, 0.15) is 6.10 Å². The Kier molecular flexibility index (Phi) is 4.21. The first kappa shape index (κ1) is 15.1. The Morgan fingerprint density at radius 1 is 1.45 bits per heavy atom. The average molecular weight is 280 g/mol. The number of ether oxygens (including phenoxy) is 2. The molecular weight excluding hydrogens is 256 g/mol. The standard InChI is InChI=1S/C16H24O4/c1-5-9-16(4,10(2)3)15(18)20-13-11-7-6-8-12(11)19-14(13)17/h5,9-13H,6-8H2,1-4H3/b9-5-/t11?,12?,13?,16-/m0/s1. The van der Waals surface area contributed by atoms with Crippen LogP contribution < -0.4 is 0 Å². The molecule has 2 fully saturated rings. The second-order valence-corrected chi connectivity index (χ2v) is 6.33. The highest BCUT2D eigenvalue weighted by atomic mass is 16.6. The fourth-order valence-corrected chi connectivity index (χ4v) is 3.06. The number of hydrogen-bond acceptors (Lipinski definition) is 4. The van der Waals surface area contributed by atoms with E-state index in [0.29, 0.717) is 0 Å². The fourth-order valence-electron chi connectivity index (χ4n) is 3.06. The molecule has 3 unspecified atom stereocenters. The first-order valence-electron chi connectivity index (χ1n) is 7.45. The summed E-state index contributed by atoms with van der Waals surface area (Å²) in [4.78, 5) is 24.4. The lowest BCUT2D eigenvalue weighted by Crippen LogP contribution is -2.39. The molecule has 2 rings (SSSR count).